The molecule has 0 fully saturated rings. The highest BCUT2D eigenvalue weighted by molar-refractivity contribution is 5.98. The van der Waals surface area contributed by atoms with Crippen LogP contribution in [0.1, 0.15) is 18.4 Å². The zero-order valence-electron chi connectivity index (χ0n) is 28.4. The fourth-order valence-corrected chi connectivity index (χ4v) is 6.91. The minimum Gasteiger partial charge on any atom is -0.354 e. The van der Waals surface area contributed by atoms with Crippen molar-refractivity contribution in [2.75, 3.05) is 16.0 Å². The second kappa shape index (κ2) is 14.9. The summed E-state index contributed by atoms with van der Waals surface area (Å²) in [6.45, 7) is 0. The monoisotopic (exact) mass is 657 g/mol. The Morgan fingerprint density at radius 2 is 0.706 bits per heavy atom. The largest absolute Gasteiger partial charge is 0.354 e. The van der Waals surface area contributed by atoms with Crippen molar-refractivity contribution in [3.05, 3.63) is 200 Å². The predicted octanol–water partition coefficient (Wildman–Crippen LogP) is 13.7. The molecule has 7 aromatic rings. The van der Waals surface area contributed by atoms with Crippen molar-refractivity contribution in [2.24, 2.45) is 0 Å². The van der Waals surface area contributed by atoms with Crippen LogP contribution in [0.4, 0.5) is 34.1 Å². The quantitative estimate of drug-likeness (QED) is 0.137. The molecule has 0 radical (unpaired) electrons. The molecule has 246 valence electrons. The van der Waals surface area contributed by atoms with Gasteiger partial charge in [0.25, 0.3) is 0 Å². The molecule has 0 saturated carbocycles. The second-order valence-corrected chi connectivity index (χ2v) is 12.7. The molecule has 0 heterocycles. The van der Waals surface area contributed by atoms with E-state index in [1.54, 1.807) is 0 Å². The van der Waals surface area contributed by atoms with Crippen molar-refractivity contribution in [3.63, 3.8) is 0 Å². The Morgan fingerprint density at radius 3 is 1.18 bits per heavy atom. The standard InChI is InChI=1S/C48H39N3/c1-5-19-35(20-6-1)39-27-13-15-29-41(39)49-43-31-17-33-45(47(43)37-23-9-3-10-24-37)51-46-34-18-32-44(48(46)38-25-11-4-12-26-38)50-42-30-16-14-28-40(42)36-21-7-2-8-22-36/h1-3,5-11,13-34,49-51H,4,12H2. The fourth-order valence-electron chi connectivity index (χ4n) is 6.91. The fraction of sp³-hybridized carbons (Fsp3) is 0.0417. The van der Waals surface area contributed by atoms with Gasteiger partial charge in [-0.1, -0.05) is 158 Å². The van der Waals surface area contributed by atoms with Crippen molar-refractivity contribution < 1.29 is 0 Å². The van der Waals surface area contributed by atoms with Gasteiger partial charge in [-0.15, -0.1) is 0 Å². The first-order chi connectivity index (χ1) is 25.3. The summed E-state index contributed by atoms with van der Waals surface area (Å²) >= 11 is 0. The molecule has 3 N–H and O–H groups in total. The lowest BCUT2D eigenvalue weighted by molar-refractivity contribution is 1.04. The average molecular weight is 658 g/mol. The van der Waals surface area contributed by atoms with Crippen LogP contribution in [0.25, 0.3) is 39.0 Å². The number of allylic oxidation sites excluding steroid dienone is 4. The SMILES string of the molecule is C1=CC(c2c(Nc3ccccc3-c3ccccc3)cccc2Nc2cccc(Nc3ccccc3-c3ccccc3)c2-c2ccccc2)=CCC1. The smallest absolute Gasteiger partial charge is 0.0485 e. The van der Waals surface area contributed by atoms with Crippen LogP contribution in [-0.4, -0.2) is 0 Å². The van der Waals surface area contributed by atoms with Gasteiger partial charge < -0.3 is 16.0 Å². The Balaban J connectivity index is 1.23. The second-order valence-electron chi connectivity index (χ2n) is 12.7. The molecule has 3 heteroatoms. The summed E-state index contributed by atoms with van der Waals surface area (Å²) in [7, 11) is 0. The third kappa shape index (κ3) is 6.96. The molecule has 3 nitrogen and oxygen atoms in total. The first-order valence-corrected chi connectivity index (χ1v) is 17.6. The first-order valence-electron chi connectivity index (χ1n) is 17.6. The molecule has 7 aromatic carbocycles. The van der Waals surface area contributed by atoms with E-state index in [-0.39, 0.29) is 0 Å². The Morgan fingerprint density at radius 1 is 0.314 bits per heavy atom. The molecule has 0 aliphatic heterocycles. The summed E-state index contributed by atoms with van der Waals surface area (Å²) in [4.78, 5) is 0. The maximum absolute atomic E-state index is 3.93. The van der Waals surface area contributed by atoms with Crippen LogP contribution in [0.15, 0.2) is 194 Å². The molecule has 1 aliphatic carbocycles. The number of anilines is 6. The van der Waals surface area contributed by atoms with Crippen LogP contribution in [0, 0.1) is 0 Å². The number of benzene rings is 7. The third-order valence-corrected chi connectivity index (χ3v) is 9.31. The van der Waals surface area contributed by atoms with Gasteiger partial charge in [-0.2, -0.15) is 0 Å². The highest BCUT2D eigenvalue weighted by Gasteiger charge is 2.18. The minimum atomic E-state index is 1.01. The van der Waals surface area contributed by atoms with Crippen molar-refractivity contribution in [1.29, 1.82) is 0 Å². The van der Waals surface area contributed by atoms with E-state index in [9.17, 15) is 0 Å². The van der Waals surface area contributed by atoms with Crippen molar-refractivity contribution >= 4 is 39.7 Å². The van der Waals surface area contributed by atoms with Gasteiger partial charge in [0, 0.05) is 56.4 Å². The molecular weight excluding hydrogens is 619 g/mol. The van der Waals surface area contributed by atoms with Gasteiger partial charge in [0.1, 0.15) is 0 Å². The average Bonchev–Trinajstić information content (AvgIpc) is 3.20. The lowest BCUT2D eigenvalue weighted by atomic mass is 9.95. The molecule has 1 aliphatic rings. The molecule has 0 unspecified atom stereocenters. The van der Waals surface area contributed by atoms with Gasteiger partial charge in [0.2, 0.25) is 0 Å². The molecule has 51 heavy (non-hydrogen) atoms. The van der Waals surface area contributed by atoms with Crippen LogP contribution >= 0.6 is 0 Å². The van der Waals surface area contributed by atoms with Crippen LogP contribution in [-0.2, 0) is 0 Å². The summed E-state index contributed by atoms with van der Waals surface area (Å²) in [5.74, 6) is 0. The summed E-state index contributed by atoms with van der Waals surface area (Å²) in [5.41, 5.74) is 15.5. The number of rotatable bonds is 10. The third-order valence-electron chi connectivity index (χ3n) is 9.31. The molecule has 0 aromatic heterocycles. The maximum Gasteiger partial charge on any atom is 0.0485 e. The van der Waals surface area contributed by atoms with Crippen LogP contribution < -0.4 is 16.0 Å². The topological polar surface area (TPSA) is 36.1 Å². The summed E-state index contributed by atoms with van der Waals surface area (Å²) in [6, 6.07) is 61.8. The Kier molecular flexibility index (Phi) is 9.25. The van der Waals surface area contributed by atoms with Crippen molar-refractivity contribution in [3.8, 4) is 33.4 Å². The van der Waals surface area contributed by atoms with Crippen LogP contribution in [0.2, 0.25) is 0 Å². The van der Waals surface area contributed by atoms with E-state index in [2.05, 4.69) is 210 Å². The number of para-hydroxylation sites is 2. The van der Waals surface area contributed by atoms with Crippen LogP contribution in [0.5, 0.6) is 0 Å². The Bertz CT molecular complexity index is 2320. The van der Waals surface area contributed by atoms with E-state index < -0.39 is 0 Å². The predicted molar refractivity (Wildman–Crippen MR) is 218 cm³/mol. The molecule has 0 amide bonds. The molecule has 0 bridgehead atoms. The van der Waals surface area contributed by atoms with Crippen molar-refractivity contribution in [1.82, 2.24) is 0 Å². The summed E-state index contributed by atoms with van der Waals surface area (Å²) in [5, 5.41) is 11.6. The number of hydrogen-bond donors (Lipinski definition) is 3. The van der Waals surface area contributed by atoms with Gasteiger partial charge in [-0.3, -0.25) is 0 Å². The zero-order valence-corrected chi connectivity index (χ0v) is 28.4. The lowest BCUT2D eigenvalue weighted by Crippen LogP contribution is -2.04. The normalized spacial score (nSPS) is 12.2. The molecule has 0 saturated heterocycles. The summed E-state index contributed by atoms with van der Waals surface area (Å²) in [6.07, 6.45) is 8.95. The zero-order chi connectivity index (χ0) is 34.2. The van der Waals surface area contributed by atoms with Crippen LogP contribution in [0.3, 0.4) is 0 Å². The maximum atomic E-state index is 3.93. The highest BCUT2D eigenvalue weighted by atomic mass is 14.9. The molecule has 0 spiro atoms. The van der Waals surface area contributed by atoms with Gasteiger partial charge in [-0.25, -0.2) is 0 Å². The van der Waals surface area contributed by atoms with Gasteiger partial charge >= 0.3 is 0 Å². The lowest BCUT2D eigenvalue weighted by Gasteiger charge is -2.23. The number of hydrogen-bond acceptors (Lipinski definition) is 3. The highest BCUT2D eigenvalue weighted by Crippen LogP contribution is 2.43. The van der Waals surface area contributed by atoms with E-state index >= 15 is 0 Å². The van der Waals surface area contributed by atoms with E-state index in [0.29, 0.717) is 0 Å². The minimum absolute atomic E-state index is 1.01. The van der Waals surface area contributed by atoms with Gasteiger partial charge in [0.05, 0.1) is 0 Å². The van der Waals surface area contributed by atoms with Crippen molar-refractivity contribution in [2.45, 2.75) is 12.8 Å². The molecule has 8 rings (SSSR count). The van der Waals surface area contributed by atoms with E-state index in [4.69, 9.17) is 0 Å². The van der Waals surface area contributed by atoms with E-state index in [1.165, 1.54) is 16.7 Å². The van der Waals surface area contributed by atoms with Gasteiger partial charge in [0.15, 0.2) is 0 Å². The number of nitrogens with one attached hydrogen (secondary N) is 3. The van der Waals surface area contributed by atoms with E-state index in [1.807, 2.05) is 0 Å². The Labute approximate surface area is 300 Å². The Hall–Kier alpha value is -6.58. The van der Waals surface area contributed by atoms with E-state index in [0.717, 1.165) is 74.8 Å². The first kappa shape index (κ1) is 31.7. The summed E-state index contributed by atoms with van der Waals surface area (Å²) < 4.78 is 0. The molecule has 0 atom stereocenters. The molecular formula is C48H39N3. The van der Waals surface area contributed by atoms with Gasteiger partial charge in [-0.05, 0) is 71.5 Å².